The van der Waals surface area contributed by atoms with Crippen molar-refractivity contribution in [3.05, 3.63) is 20.8 Å². The van der Waals surface area contributed by atoms with Gasteiger partial charge in [0, 0.05) is 27.2 Å². The number of imidazole rings is 1. The lowest BCUT2D eigenvalue weighted by Gasteiger charge is -2.28. The van der Waals surface area contributed by atoms with Crippen LogP contribution < -0.4 is 21.5 Å². The summed E-state index contributed by atoms with van der Waals surface area (Å²) in [6.45, 7) is 6.34. The molecule has 1 N–H and O–H groups in total. The number of nitrogens with zero attached hydrogens (tertiary/aromatic N) is 6. The molecular weight excluding hydrogens is 374 g/mol. The maximum atomic E-state index is 12.9. The lowest BCUT2D eigenvalue weighted by atomic mass is 10.1. The van der Waals surface area contributed by atoms with Crippen molar-refractivity contribution in [3.63, 3.8) is 0 Å². The summed E-state index contributed by atoms with van der Waals surface area (Å²) >= 11 is 0. The van der Waals surface area contributed by atoms with Crippen molar-refractivity contribution < 1.29 is 9.31 Å². The highest BCUT2D eigenvalue weighted by Crippen LogP contribution is 2.22. The third-order valence-electron chi connectivity index (χ3n) is 5.77. The molecule has 2 aromatic rings. The molecule has 0 radical (unpaired) electrons. The van der Waals surface area contributed by atoms with Crippen molar-refractivity contribution in [2.24, 2.45) is 14.1 Å². The lowest BCUT2D eigenvalue weighted by molar-refractivity contribution is -0.546. The smallest absolute Gasteiger partial charge is 0.332 e. The summed E-state index contributed by atoms with van der Waals surface area (Å²) in [6, 6.07) is 0. The van der Waals surface area contributed by atoms with E-state index < -0.39 is 0 Å². The maximum absolute atomic E-state index is 12.9. The molecule has 158 valence electrons. The van der Waals surface area contributed by atoms with E-state index in [9.17, 15) is 9.59 Å². The lowest BCUT2D eigenvalue weighted by Crippen LogP contribution is -2.38. The number of rotatable bonds is 5. The van der Waals surface area contributed by atoms with Gasteiger partial charge in [-0.15, -0.1) is 0 Å². The van der Waals surface area contributed by atoms with Gasteiger partial charge in [-0.25, -0.2) is 4.79 Å². The number of aryl methyl sites for hydroxylation is 1. The van der Waals surface area contributed by atoms with E-state index in [0.717, 1.165) is 62.7 Å². The Bertz CT molecular complexity index is 1020. The molecule has 0 saturated carbocycles. The van der Waals surface area contributed by atoms with Crippen LogP contribution in [0.15, 0.2) is 9.59 Å². The summed E-state index contributed by atoms with van der Waals surface area (Å²) in [7, 11) is 3.19. The Morgan fingerprint density at radius 2 is 1.83 bits per heavy atom. The zero-order chi connectivity index (χ0) is 20.4. The zero-order valence-electron chi connectivity index (χ0n) is 17.3. The topological polar surface area (TPSA) is 89.3 Å². The Balaban J connectivity index is 1.67. The van der Waals surface area contributed by atoms with Crippen LogP contribution in [0.25, 0.3) is 11.2 Å². The van der Waals surface area contributed by atoms with E-state index in [1.165, 1.54) is 18.0 Å². The van der Waals surface area contributed by atoms with Crippen molar-refractivity contribution in [1.82, 2.24) is 24.0 Å². The van der Waals surface area contributed by atoms with Crippen molar-refractivity contribution in [2.75, 3.05) is 50.8 Å². The van der Waals surface area contributed by atoms with Gasteiger partial charge in [0.15, 0.2) is 11.2 Å². The molecule has 2 aliphatic rings. The van der Waals surface area contributed by atoms with E-state index >= 15 is 0 Å². The normalized spacial score (nSPS) is 17.7. The minimum atomic E-state index is -0.351. The molecule has 0 bridgehead atoms. The summed E-state index contributed by atoms with van der Waals surface area (Å²) in [4.78, 5) is 32.3. The van der Waals surface area contributed by atoms with Crippen molar-refractivity contribution in [2.45, 2.75) is 25.8 Å². The van der Waals surface area contributed by atoms with Crippen LogP contribution in [0.4, 0.5) is 5.95 Å². The summed E-state index contributed by atoms with van der Waals surface area (Å²) in [5.41, 5.74) is 0.298. The second kappa shape index (κ2) is 8.40. The van der Waals surface area contributed by atoms with E-state index in [1.54, 1.807) is 7.05 Å². The molecular formula is C19H30N7O3+. The van der Waals surface area contributed by atoms with Crippen LogP contribution in [0, 0.1) is 0 Å². The summed E-state index contributed by atoms with van der Waals surface area (Å²) in [5.74, 6) is 0.783. The number of piperidine rings is 1. The molecule has 0 spiro atoms. The van der Waals surface area contributed by atoms with Crippen molar-refractivity contribution in [3.8, 4) is 0 Å². The predicted octanol–water partition coefficient (Wildman–Crippen LogP) is -0.915. The molecule has 10 nitrogen and oxygen atoms in total. The predicted molar refractivity (Wildman–Crippen MR) is 111 cm³/mol. The Morgan fingerprint density at radius 1 is 1.10 bits per heavy atom. The summed E-state index contributed by atoms with van der Waals surface area (Å²) in [5, 5.41) is 3.35. The first-order chi connectivity index (χ1) is 14.1. The molecule has 2 aromatic heterocycles. The molecule has 4 rings (SSSR count). The van der Waals surface area contributed by atoms with Crippen LogP contribution in [0.5, 0.6) is 0 Å². The van der Waals surface area contributed by atoms with Gasteiger partial charge in [-0.2, -0.15) is 4.98 Å². The number of nitrogens with one attached hydrogen (secondary N) is 1. The van der Waals surface area contributed by atoms with Gasteiger partial charge in [0.05, 0.1) is 19.8 Å². The molecule has 2 fully saturated rings. The highest BCUT2D eigenvalue weighted by Gasteiger charge is 2.23. The standard InChI is InChI=1S/C19H29N7O3/c1-22-16-15(17(27)23(2)19(22)28)26(18(21-16)25-7-4-3-5-8-25)9-6-20-14-24-10-12-29-13-11-24/h14H,3-13H2,1-2H3/p+1. The molecule has 0 aliphatic carbocycles. The number of ether oxygens (including phenoxy) is 1. The average molecular weight is 404 g/mol. The molecule has 29 heavy (non-hydrogen) atoms. The van der Waals surface area contributed by atoms with Crippen LogP contribution in [0.2, 0.25) is 0 Å². The van der Waals surface area contributed by atoms with Gasteiger partial charge in [-0.3, -0.25) is 23.8 Å². The molecule has 0 aromatic carbocycles. The molecule has 2 aliphatic heterocycles. The van der Waals surface area contributed by atoms with Gasteiger partial charge < -0.3 is 14.2 Å². The number of anilines is 1. The van der Waals surface area contributed by atoms with Gasteiger partial charge in [0.25, 0.3) is 5.56 Å². The van der Waals surface area contributed by atoms with E-state index in [0.29, 0.717) is 24.3 Å². The second-order valence-electron chi connectivity index (χ2n) is 7.72. The average Bonchev–Trinajstić information content (AvgIpc) is 3.15. The molecule has 4 heterocycles. The first-order valence-electron chi connectivity index (χ1n) is 10.4. The number of hydrogen-bond donors (Lipinski definition) is 1. The van der Waals surface area contributed by atoms with E-state index in [4.69, 9.17) is 9.72 Å². The van der Waals surface area contributed by atoms with E-state index in [1.807, 2.05) is 10.9 Å². The fourth-order valence-electron chi connectivity index (χ4n) is 4.06. The minimum Gasteiger partial charge on any atom is -0.373 e. The van der Waals surface area contributed by atoms with Crippen LogP contribution in [0.3, 0.4) is 0 Å². The highest BCUT2D eigenvalue weighted by atomic mass is 16.5. The Labute approximate surface area is 169 Å². The maximum Gasteiger partial charge on any atom is 0.332 e. The third-order valence-corrected chi connectivity index (χ3v) is 5.77. The van der Waals surface area contributed by atoms with Gasteiger partial charge in [-0.1, -0.05) is 0 Å². The van der Waals surface area contributed by atoms with Gasteiger partial charge >= 0.3 is 5.69 Å². The molecule has 0 atom stereocenters. The summed E-state index contributed by atoms with van der Waals surface area (Å²) in [6.07, 6.45) is 5.44. The van der Waals surface area contributed by atoms with Gasteiger partial charge in [0.1, 0.15) is 19.6 Å². The van der Waals surface area contributed by atoms with Crippen LogP contribution in [-0.2, 0) is 25.4 Å². The number of fused-ring (bicyclic) bond motifs is 1. The monoisotopic (exact) mass is 404 g/mol. The summed E-state index contributed by atoms with van der Waals surface area (Å²) < 4.78 is 12.2. The molecule has 0 unspecified atom stereocenters. The quantitative estimate of drug-likeness (QED) is 0.394. The third kappa shape index (κ3) is 3.81. The zero-order valence-corrected chi connectivity index (χ0v) is 17.3. The number of morpholine rings is 1. The molecule has 10 heteroatoms. The van der Waals surface area contributed by atoms with E-state index in [2.05, 4.69) is 14.8 Å². The SMILES string of the molecule is Cn1c(=O)c2c(nc(N3CCCCC3)n2CCNC=[N+]2CCOCC2)n(C)c1=O. The van der Waals surface area contributed by atoms with Crippen LogP contribution in [0.1, 0.15) is 19.3 Å². The van der Waals surface area contributed by atoms with Crippen LogP contribution >= 0.6 is 0 Å². The van der Waals surface area contributed by atoms with Gasteiger partial charge in [0.2, 0.25) is 12.3 Å². The molecule has 2 saturated heterocycles. The van der Waals surface area contributed by atoms with Gasteiger partial charge in [-0.05, 0) is 19.3 Å². The van der Waals surface area contributed by atoms with Crippen molar-refractivity contribution in [1.29, 1.82) is 0 Å². The highest BCUT2D eigenvalue weighted by molar-refractivity contribution is 5.74. The first-order valence-corrected chi connectivity index (χ1v) is 10.4. The molecule has 0 amide bonds. The largest absolute Gasteiger partial charge is 0.373 e. The Morgan fingerprint density at radius 3 is 2.55 bits per heavy atom. The van der Waals surface area contributed by atoms with Crippen LogP contribution in [-0.4, -0.2) is 75.5 Å². The van der Waals surface area contributed by atoms with Crippen molar-refractivity contribution >= 4 is 23.5 Å². The Hall–Kier alpha value is -2.62. The minimum absolute atomic E-state index is 0.295. The fourth-order valence-corrected chi connectivity index (χ4v) is 4.06. The fraction of sp³-hybridized carbons (Fsp3) is 0.684. The second-order valence-corrected chi connectivity index (χ2v) is 7.72. The van der Waals surface area contributed by atoms with E-state index in [-0.39, 0.29) is 11.2 Å². The number of hydrogen-bond acceptors (Lipinski definition) is 5. The first kappa shape index (κ1) is 19.7. The number of aromatic nitrogens is 4. The Kier molecular flexibility index (Phi) is 5.70.